The van der Waals surface area contributed by atoms with Crippen LogP contribution in [0.15, 0.2) is 35.7 Å². The minimum atomic E-state index is -0.598. The molecule has 5 heteroatoms. The van der Waals surface area contributed by atoms with E-state index in [9.17, 15) is 13.6 Å². The van der Waals surface area contributed by atoms with Crippen LogP contribution < -0.4 is 0 Å². The van der Waals surface area contributed by atoms with E-state index >= 15 is 0 Å². The average molecular weight is 307 g/mol. The van der Waals surface area contributed by atoms with Crippen molar-refractivity contribution in [3.63, 3.8) is 0 Å². The van der Waals surface area contributed by atoms with E-state index in [0.29, 0.717) is 12.0 Å². The molecule has 1 aromatic carbocycles. The predicted molar refractivity (Wildman–Crippen MR) is 78.0 cm³/mol. The second-order valence-electron chi connectivity index (χ2n) is 5.24. The van der Waals surface area contributed by atoms with Gasteiger partial charge in [-0.2, -0.15) is 0 Å². The molecule has 0 N–H and O–H groups in total. The molecule has 21 heavy (non-hydrogen) atoms. The number of nitrogens with zero attached hydrogens (tertiary/aromatic N) is 1. The number of hydrogen-bond donors (Lipinski definition) is 0. The summed E-state index contributed by atoms with van der Waals surface area (Å²) in [5, 5.41) is 1.93. The number of thiophene rings is 1. The molecule has 1 saturated carbocycles. The molecule has 0 bridgehead atoms. The molecule has 2 aromatic rings. The van der Waals surface area contributed by atoms with Gasteiger partial charge >= 0.3 is 0 Å². The first-order chi connectivity index (χ1) is 10.1. The van der Waals surface area contributed by atoms with Gasteiger partial charge < -0.3 is 4.90 Å². The Morgan fingerprint density at radius 3 is 2.71 bits per heavy atom. The number of benzene rings is 1. The Hall–Kier alpha value is -1.75. The fourth-order valence-corrected chi connectivity index (χ4v) is 3.00. The fraction of sp³-hybridized carbons (Fsp3) is 0.312. The van der Waals surface area contributed by atoms with E-state index in [0.717, 1.165) is 23.8 Å². The first kappa shape index (κ1) is 14.2. The van der Waals surface area contributed by atoms with Crippen LogP contribution in [0.3, 0.4) is 0 Å². The molecule has 0 atom stereocenters. The van der Waals surface area contributed by atoms with Crippen LogP contribution in [0, 0.1) is 11.6 Å². The number of halogens is 2. The summed E-state index contributed by atoms with van der Waals surface area (Å²) in [4.78, 5) is 15.1. The van der Waals surface area contributed by atoms with Crippen LogP contribution >= 0.6 is 11.3 Å². The van der Waals surface area contributed by atoms with E-state index in [4.69, 9.17) is 0 Å². The Morgan fingerprint density at radius 1 is 1.29 bits per heavy atom. The summed E-state index contributed by atoms with van der Waals surface area (Å²) in [7, 11) is 0. The van der Waals surface area contributed by atoms with Gasteiger partial charge in [0.05, 0.1) is 6.42 Å². The molecule has 1 amide bonds. The molecule has 1 heterocycles. The lowest BCUT2D eigenvalue weighted by molar-refractivity contribution is -0.131. The third-order valence-corrected chi connectivity index (χ3v) is 4.45. The van der Waals surface area contributed by atoms with Gasteiger partial charge in [-0.1, -0.05) is 12.1 Å². The highest BCUT2D eigenvalue weighted by Gasteiger charge is 2.33. The maximum absolute atomic E-state index is 13.8. The highest BCUT2D eigenvalue weighted by atomic mass is 32.1. The van der Waals surface area contributed by atoms with E-state index in [-0.39, 0.29) is 18.5 Å². The SMILES string of the molecule is O=C(Cc1cccs1)N(Cc1ccc(F)cc1F)C1CC1. The summed E-state index contributed by atoms with van der Waals surface area (Å²) in [6, 6.07) is 7.54. The standard InChI is InChI=1S/C16H15F2NOS/c17-12-4-3-11(15(18)8-12)10-19(13-5-6-13)16(20)9-14-2-1-7-21-14/h1-4,7-8,13H,5-6,9-10H2. The van der Waals surface area contributed by atoms with Gasteiger partial charge in [0, 0.05) is 29.1 Å². The molecular weight excluding hydrogens is 292 g/mol. The molecule has 0 unspecified atom stereocenters. The Bertz CT molecular complexity index is 638. The predicted octanol–water partition coefficient (Wildman–Crippen LogP) is 3.76. The van der Waals surface area contributed by atoms with Crippen molar-refractivity contribution in [1.29, 1.82) is 0 Å². The number of rotatable bonds is 5. The number of hydrogen-bond acceptors (Lipinski definition) is 2. The van der Waals surface area contributed by atoms with Crippen molar-refractivity contribution in [3.8, 4) is 0 Å². The van der Waals surface area contributed by atoms with Crippen molar-refractivity contribution < 1.29 is 13.6 Å². The number of amides is 1. The molecule has 0 spiro atoms. The van der Waals surface area contributed by atoms with Crippen LogP contribution in [0.25, 0.3) is 0 Å². The minimum absolute atomic E-state index is 0.00340. The lowest BCUT2D eigenvalue weighted by Crippen LogP contribution is -2.34. The van der Waals surface area contributed by atoms with E-state index in [1.54, 1.807) is 16.2 Å². The van der Waals surface area contributed by atoms with Crippen LogP contribution in [0.4, 0.5) is 8.78 Å². The molecule has 0 radical (unpaired) electrons. The van der Waals surface area contributed by atoms with Crippen molar-refractivity contribution in [2.24, 2.45) is 0 Å². The summed E-state index contributed by atoms with van der Waals surface area (Å²) in [6.45, 7) is 0.209. The van der Waals surface area contributed by atoms with E-state index < -0.39 is 11.6 Å². The number of carbonyl (C=O) groups excluding carboxylic acids is 1. The van der Waals surface area contributed by atoms with Crippen LogP contribution in [0.1, 0.15) is 23.3 Å². The maximum Gasteiger partial charge on any atom is 0.228 e. The van der Waals surface area contributed by atoms with Gasteiger partial charge in [-0.3, -0.25) is 4.79 Å². The minimum Gasteiger partial charge on any atom is -0.335 e. The normalized spacial score (nSPS) is 14.2. The monoisotopic (exact) mass is 307 g/mol. The third kappa shape index (κ3) is 3.47. The van der Waals surface area contributed by atoms with Crippen molar-refractivity contribution in [3.05, 3.63) is 57.8 Å². The Morgan fingerprint density at radius 2 is 2.10 bits per heavy atom. The van der Waals surface area contributed by atoms with Crippen LogP contribution in [0.2, 0.25) is 0 Å². The van der Waals surface area contributed by atoms with Gasteiger partial charge in [0.25, 0.3) is 0 Å². The highest BCUT2D eigenvalue weighted by Crippen LogP contribution is 2.30. The van der Waals surface area contributed by atoms with Crippen LogP contribution in [-0.2, 0) is 17.8 Å². The van der Waals surface area contributed by atoms with Gasteiger partial charge in [0.15, 0.2) is 0 Å². The molecule has 1 aliphatic carbocycles. The Labute approximate surface area is 126 Å². The zero-order chi connectivity index (χ0) is 14.8. The molecule has 2 nitrogen and oxygen atoms in total. The van der Waals surface area contributed by atoms with Crippen LogP contribution in [0.5, 0.6) is 0 Å². The lowest BCUT2D eigenvalue weighted by atomic mass is 10.1. The topological polar surface area (TPSA) is 20.3 Å². The molecule has 1 aromatic heterocycles. The zero-order valence-corrected chi connectivity index (χ0v) is 12.2. The molecule has 0 saturated heterocycles. The molecule has 0 aliphatic heterocycles. The van der Waals surface area contributed by atoms with Crippen LogP contribution in [-0.4, -0.2) is 16.8 Å². The van der Waals surface area contributed by atoms with Crippen molar-refractivity contribution in [2.45, 2.75) is 31.8 Å². The van der Waals surface area contributed by atoms with Gasteiger partial charge in [-0.25, -0.2) is 8.78 Å². The highest BCUT2D eigenvalue weighted by molar-refractivity contribution is 7.10. The molecule has 110 valence electrons. The molecule has 3 rings (SSSR count). The fourth-order valence-electron chi connectivity index (χ4n) is 2.30. The number of carbonyl (C=O) groups is 1. The molecular formula is C16H15F2NOS. The van der Waals surface area contributed by atoms with E-state index in [1.165, 1.54) is 12.1 Å². The second kappa shape index (κ2) is 5.93. The summed E-state index contributed by atoms with van der Waals surface area (Å²) in [6.07, 6.45) is 2.26. The third-order valence-electron chi connectivity index (χ3n) is 3.57. The quantitative estimate of drug-likeness (QED) is 0.823. The van der Waals surface area contributed by atoms with Crippen molar-refractivity contribution in [2.75, 3.05) is 0 Å². The average Bonchev–Trinajstić information content (AvgIpc) is 3.15. The zero-order valence-electron chi connectivity index (χ0n) is 11.4. The summed E-state index contributed by atoms with van der Waals surface area (Å²) in [5.41, 5.74) is 0.364. The molecule has 1 aliphatic rings. The van der Waals surface area contributed by atoms with Gasteiger partial charge in [0.1, 0.15) is 11.6 Å². The summed E-state index contributed by atoms with van der Waals surface area (Å²) in [5.74, 6) is -1.19. The van der Waals surface area contributed by atoms with Gasteiger partial charge in [0.2, 0.25) is 5.91 Å². The van der Waals surface area contributed by atoms with E-state index in [1.807, 2.05) is 17.5 Å². The first-order valence-corrected chi connectivity index (χ1v) is 7.77. The lowest BCUT2D eigenvalue weighted by Gasteiger charge is -2.22. The Kier molecular flexibility index (Phi) is 4.01. The van der Waals surface area contributed by atoms with Crippen molar-refractivity contribution >= 4 is 17.2 Å². The van der Waals surface area contributed by atoms with Gasteiger partial charge in [-0.05, 0) is 30.4 Å². The second-order valence-corrected chi connectivity index (χ2v) is 6.28. The summed E-state index contributed by atoms with van der Waals surface area (Å²) < 4.78 is 26.7. The van der Waals surface area contributed by atoms with E-state index in [2.05, 4.69) is 0 Å². The van der Waals surface area contributed by atoms with Gasteiger partial charge in [-0.15, -0.1) is 11.3 Å². The largest absolute Gasteiger partial charge is 0.335 e. The maximum atomic E-state index is 13.8. The van der Waals surface area contributed by atoms with Crippen molar-refractivity contribution in [1.82, 2.24) is 4.90 Å². The first-order valence-electron chi connectivity index (χ1n) is 6.89. The molecule has 1 fully saturated rings. The Balaban J connectivity index is 1.74. The summed E-state index contributed by atoms with van der Waals surface area (Å²) >= 11 is 1.54. The smallest absolute Gasteiger partial charge is 0.228 e.